The summed E-state index contributed by atoms with van der Waals surface area (Å²) >= 11 is 0. The lowest BCUT2D eigenvalue weighted by atomic mass is 9.63. The Morgan fingerprint density at radius 1 is 0.500 bits per heavy atom. The Morgan fingerprint density at radius 2 is 1.00 bits per heavy atom. The van der Waals surface area contributed by atoms with Crippen LogP contribution >= 0.6 is 0 Å². The summed E-state index contributed by atoms with van der Waals surface area (Å²) in [6, 6.07) is 35.5. The van der Waals surface area contributed by atoms with Crippen LogP contribution in [0.4, 0.5) is 5.69 Å². The SMILES string of the molecule is Nc1cc(-c2ccccc2)ccc1[B]c1ccc(-c2ccccc2)cc1. The lowest BCUT2D eigenvalue weighted by Crippen LogP contribution is -2.29. The van der Waals surface area contributed by atoms with Gasteiger partial charge in [-0.15, -0.1) is 0 Å². The van der Waals surface area contributed by atoms with Crippen LogP contribution in [-0.4, -0.2) is 7.28 Å². The number of hydrogen-bond donors (Lipinski definition) is 1. The van der Waals surface area contributed by atoms with E-state index in [4.69, 9.17) is 5.73 Å². The molecule has 0 bridgehead atoms. The molecule has 0 aromatic heterocycles. The van der Waals surface area contributed by atoms with Crippen molar-refractivity contribution in [3.05, 3.63) is 103 Å². The van der Waals surface area contributed by atoms with Crippen LogP contribution in [0, 0.1) is 0 Å². The molecule has 0 heterocycles. The lowest BCUT2D eigenvalue weighted by Gasteiger charge is -2.09. The molecular formula is C24H19BN. The van der Waals surface area contributed by atoms with Gasteiger partial charge in [0.1, 0.15) is 0 Å². The quantitative estimate of drug-likeness (QED) is 0.439. The summed E-state index contributed by atoms with van der Waals surface area (Å²) in [6.07, 6.45) is 0. The van der Waals surface area contributed by atoms with Gasteiger partial charge in [0.25, 0.3) is 0 Å². The summed E-state index contributed by atoms with van der Waals surface area (Å²) in [7, 11) is 2.12. The van der Waals surface area contributed by atoms with Crippen LogP contribution in [0.2, 0.25) is 0 Å². The molecule has 0 fully saturated rings. The van der Waals surface area contributed by atoms with E-state index < -0.39 is 0 Å². The molecule has 2 heteroatoms. The van der Waals surface area contributed by atoms with Gasteiger partial charge < -0.3 is 5.73 Å². The van der Waals surface area contributed by atoms with Gasteiger partial charge in [-0.25, -0.2) is 0 Å². The molecule has 0 spiro atoms. The minimum atomic E-state index is 0.790. The van der Waals surface area contributed by atoms with Crippen molar-refractivity contribution in [2.24, 2.45) is 0 Å². The molecule has 0 amide bonds. The van der Waals surface area contributed by atoms with Crippen molar-refractivity contribution < 1.29 is 0 Å². The maximum atomic E-state index is 6.30. The number of anilines is 1. The Balaban J connectivity index is 1.54. The first-order valence-electron chi connectivity index (χ1n) is 8.75. The topological polar surface area (TPSA) is 26.0 Å². The Hall–Kier alpha value is -3.26. The first kappa shape index (κ1) is 16.2. The van der Waals surface area contributed by atoms with Gasteiger partial charge in [-0.1, -0.05) is 108 Å². The van der Waals surface area contributed by atoms with Crippen LogP contribution in [-0.2, 0) is 0 Å². The van der Waals surface area contributed by atoms with E-state index in [0.29, 0.717) is 0 Å². The number of benzene rings is 4. The molecular weight excluding hydrogens is 313 g/mol. The Kier molecular flexibility index (Phi) is 4.57. The Labute approximate surface area is 155 Å². The van der Waals surface area contributed by atoms with Crippen LogP contribution in [0.25, 0.3) is 22.3 Å². The highest BCUT2D eigenvalue weighted by atomic mass is 14.5. The van der Waals surface area contributed by atoms with Gasteiger partial charge in [0, 0.05) is 5.69 Å². The third-order valence-corrected chi connectivity index (χ3v) is 4.53. The second-order valence-electron chi connectivity index (χ2n) is 6.34. The summed E-state index contributed by atoms with van der Waals surface area (Å²) in [5.41, 5.74) is 14.0. The molecule has 123 valence electrons. The van der Waals surface area contributed by atoms with Gasteiger partial charge in [-0.05, 0) is 28.3 Å². The Morgan fingerprint density at radius 3 is 1.58 bits per heavy atom. The van der Waals surface area contributed by atoms with Gasteiger partial charge in [0.2, 0.25) is 0 Å². The van der Waals surface area contributed by atoms with Crippen LogP contribution < -0.4 is 16.7 Å². The fourth-order valence-electron chi connectivity index (χ4n) is 3.10. The predicted octanol–water partition coefficient (Wildman–Crippen LogP) is 4.26. The van der Waals surface area contributed by atoms with Crippen LogP contribution in [0.5, 0.6) is 0 Å². The Bertz CT molecular complexity index is 993. The highest BCUT2D eigenvalue weighted by molar-refractivity contribution is 6.68. The molecule has 4 aromatic rings. The van der Waals surface area contributed by atoms with Crippen molar-refractivity contribution in [3.8, 4) is 22.3 Å². The maximum absolute atomic E-state index is 6.30. The van der Waals surface area contributed by atoms with E-state index >= 15 is 0 Å². The van der Waals surface area contributed by atoms with Crippen LogP contribution in [0.15, 0.2) is 103 Å². The molecule has 0 unspecified atom stereocenters. The van der Waals surface area contributed by atoms with E-state index in [1.54, 1.807) is 0 Å². The molecule has 0 atom stereocenters. The van der Waals surface area contributed by atoms with E-state index in [9.17, 15) is 0 Å². The lowest BCUT2D eigenvalue weighted by molar-refractivity contribution is 1.63. The summed E-state index contributed by atoms with van der Waals surface area (Å²) in [5.74, 6) is 0. The van der Waals surface area contributed by atoms with Crippen LogP contribution in [0.3, 0.4) is 0 Å². The van der Waals surface area contributed by atoms with E-state index in [1.165, 1.54) is 16.7 Å². The normalized spacial score (nSPS) is 10.5. The number of nitrogens with two attached hydrogens (primary N) is 1. The average Bonchev–Trinajstić information content (AvgIpc) is 2.71. The summed E-state index contributed by atoms with van der Waals surface area (Å²) in [5, 5.41) is 0. The van der Waals surface area contributed by atoms with E-state index in [0.717, 1.165) is 22.2 Å². The van der Waals surface area contributed by atoms with Gasteiger partial charge in [-0.3, -0.25) is 0 Å². The van der Waals surface area contributed by atoms with Gasteiger partial charge in [0.05, 0.1) is 0 Å². The fourth-order valence-corrected chi connectivity index (χ4v) is 3.10. The van der Waals surface area contributed by atoms with E-state index in [-0.39, 0.29) is 0 Å². The summed E-state index contributed by atoms with van der Waals surface area (Å²) < 4.78 is 0. The van der Waals surface area contributed by atoms with Crippen molar-refractivity contribution in [3.63, 3.8) is 0 Å². The minimum absolute atomic E-state index is 0.790. The largest absolute Gasteiger partial charge is 0.399 e. The molecule has 0 aliphatic carbocycles. The van der Waals surface area contributed by atoms with Gasteiger partial charge in [0.15, 0.2) is 7.28 Å². The molecule has 0 aliphatic heterocycles. The molecule has 26 heavy (non-hydrogen) atoms. The first-order valence-corrected chi connectivity index (χ1v) is 8.75. The van der Waals surface area contributed by atoms with Crippen molar-refractivity contribution in [2.45, 2.75) is 0 Å². The van der Waals surface area contributed by atoms with Crippen molar-refractivity contribution >= 4 is 23.9 Å². The number of hydrogen-bond acceptors (Lipinski definition) is 1. The van der Waals surface area contributed by atoms with E-state index in [1.807, 2.05) is 30.3 Å². The third-order valence-electron chi connectivity index (χ3n) is 4.53. The number of nitrogen functional groups attached to an aromatic ring is 1. The molecule has 0 saturated carbocycles. The standard InChI is InChI=1S/C24H19BN/c26-24-17-21(19-9-5-2-6-10-19)13-16-23(24)25-22-14-11-20(12-15-22)18-7-3-1-4-8-18/h1-17H,26H2. The average molecular weight is 332 g/mol. The molecule has 4 rings (SSSR count). The molecule has 4 aromatic carbocycles. The second-order valence-corrected chi connectivity index (χ2v) is 6.34. The van der Waals surface area contributed by atoms with Crippen LogP contribution in [0.1, 0.15) is 0 Å². The first-order chi connectivity index (χ1) is 12.8. The smallest absolute Gasteiger partial charge is 0.194 e. The third kappa shape index (κ3) is 3.55. The van der Waals surface area contributed by atoms with Crippen molar-refractivity contribution in [1.82, 2.24) is 0 Å². The molecule has 1 nitrogen and oxygen atoms in total. The number of rotatable bonds is 4. The summed E-state index contributed by atoms with van der Waals surface area (Å²) in [6.45, 7) is 0. The molecule has 0 saturated heterocycles. The molecule has 1 radical (unpaired) electrons. The molecule has 0 aliphatic rings. The second kappa shape index (κ2) is 7.32. The maximum Gasteiger partial charge on any atom is 0.194 e. The highest BCUT2D eigenvalue weighted by Crippen LogP contribution is 2.20. The fraction of sp³-hybridized carbons (Fsp3) is 0. The summed E-state index contributed by atoms with van der Waals surface area (Å²) in [4.78, 5) is 0. The molecule has 2 N–H and O–H groups in total. The highest BCUT2D eigenvalue weighted by Gasteiger charge is 2.06. The predicted molar refractivity (Wildman–Crippen MR) is 113 cm³/mol. The zero-order valence-corrected chi connectivity index (χ0v) is 14.5. The van der Waals surface area contributed by atoms with Gasteiger partial charge >= 0.3 is 0 Å². The zero-order valence-electron chi connectivity index (χ0n) is 14.5. The van der Waals surface area contributed by atoms with Crippen molar-refractivity contribution in [2.75, 3.05) is 5.73 Å². The van der Waals surface area contributed by atoms with Crippen molar-refractivity contribution in [1.29, 1.82) is 0 Å². The van der Waals surface area contributed by atoms with E-state index in [2.05, 4.69) is 80.1 Å². The zero-order chi connectivity index (χ0) is 17.8. The minimum Gasteiger partial charge on any atom is -0.399 e. The monoisotopic (exact) mass is 332 g/mol. The van der Waals surface area contributed by atoms with Gasteiger partial charge in [-0.2, -0.15) is 0 Å².